The number of carbonyl (C=O) groups is 1. The molecule has 1 aromatic heterocycles. The van der Waals surface area contributed by atoms with Crippen LogP contribution in [0.1, 0.15) is 0 Å². The zero-order valence-corrected chi connectivity index (χ0v) is 4.33. The number of nitrogens with zero attached hydrogens (tertiary/aromatic N) is 1. The molecule has 1 amide bonds. The fraction of sp³-hybridized carbons (Fsp3) is 0. The summed E-state index contributed by atoms with van der Waals surface area (Å²) in [6.07, 6.45) is 0.905. The molecule has 0 unspecified atom stereocenters. The molecule has 0 aromatic carbocycles. The highest BCUT2D eigenvalue weighted by molar-refractivity contribution is 5.60. The van der Waals surface area contributed by atoms with Crippen molar-refractivity contribution < 1.29 is 14.0 Å². The van der Waals surface area contributed by atoms with Crippen LogP contribution >= 0.6 is 0 Å². The molecule has 6 heteroatoms. The summed E-state index contributed by atoms with van der Waals surface area (Å²) in [5.74, 6) is 0. The predicted octanol–water partition coefficient (Wildman–Crippen LogP) is -1.82. The maximum absolute atomic E-state index is 10.2. The van der Waals surface area contributed by atoms with Crippen LogP contribution in [0, 0.1) is 0 Å². The third kappa shape index (κ3) is 0.958. The Morgan fingerprint density at radius 2 is 2.56 bits per heavy atom. The van der Waals surface area contributed by atoms with Crippen molar-refractivity contribution in [1.82, 2.24) is 5.27 Å². The minimum Gasteiger partial charge on any atom is -0.302 e. The number of hydrogen-bond donors (Lipinski definition) is 2. The Labute approximate surface area is 48.8 Å². The molecule has 6 nitrogen and oxygen atoms in total. The second-order valence-electron chi connectivity index (χ2n) is 1.35. The molecule has 3 N–H and O–H groups in total. The number of H-pyrrole nitrogens is 1. The van der Waals surface area contributed by atoms with Gasteiger partial charge >= 0.3 is 11.7 Å². The van der Waals surface area contributed by atoms with Gasteiger partial charge in [0.1, 0.15) is 0 Å². The molecule has 0 atom stereocenters. The Kier molecular flexibility index (Phi) is 1.07. The highest BCUT2D eigenvalue weighted by Crippen LogP contribution is 1.55. The van der Waals surface area contributed by atoms with Crippen molar-refractivity contribution in [2.45, 2.75) is 0 Å². The van der Waals surface area contributed by atoms with Gasteiger partial charge in [-0.05, 0) is 0 Å². The van der Waals surface area contributed by atoms with Gasteiger partial charge in [0.05, 0.1) is 0 Å². The standard InChI is InChI=1S/C3H3N3O3/c4-3(8)6-1-2(7)9-5-6/h1H,(H2-,4,5,7,8)/p+1. The highest BCUT2D eigenvalue weighted by atomic mass is 16.5. The largest absolute Gasteiger partial charge is 0.515 e. The van der Waals surface area contributed by atoms with Crippen LogP contribution in [0.5, 0.6) is 0 Å². The summed E-state index contributed by atoms with van der Waals surface area (Å²) in [5, 5.41) is 1.96. The molecule has 9 heavy (non-hydrogen) atoms. The van der Waals surface area contributed by atoms with E-state index in [1.165, 1.54) is 0 Å². The minimum absolute atomic E-state index is 0.645. The number of aromatic amines is 1. The fourth-order valence-electron chi connectivity index (χ4n) is 0.361. The zero-order chi connectivity index (χ0) is 6.85. The molecule has 0 fully saturated rings. The molecule has 1 heterocycles. The zero-order valence-electron chi connectivity index (χ0n) is 4.33. The molecule has 48 valence electrons. The molecule has 1 aromatic rings. The van der Waals surface area contributed by atoms with Crippen LogP contribution in [0.25, 0.3) is 0 Å². The summed E-state index contributed by atoms with van der Waals surface area (Å²) in [6, 6.07) is -0.791. The van der Waals surface area contributed by atoms with E-state index in [0.29, 0.717) is 0 Å². The Morgan fingerprint density at radius 1 is 1.89 bits per heavy atom. The number of rotatable bonds is 0. The van der Waals surface area contributed by atoms with Crippen molar-refractivity contribution in [2.75, 3.05) is 0 Å². The summed E-state index contributed by atoms with van der Waals surface area (Å²) in [7, 11) is 0. The summed E-state index contributed by atoms with van der Waals surface area (Å²) >= 11 is 0. The Morgan fingerprint density at radius 3 is 2.78 bits per heavy atom. The van der Waals surface area contributed by atoms with E-state index in [1.807, 2.05) is 5.27 Å². The van der Waals surface area contributed by atoms with Crippen molar-refractivity contribution >= 4 is 6.03 Å². The topological polar surface area (TPSA) is 93.0 Å². The van der Waals surface area contributed by atoms with Crippen LogP contribution < -0.4 is 16.0 Å². The van der Waals surface area contributed by atoms with E-state index in [0.717, 1.165) is 10.9 Å². The Bertz CT molecular complexity index is 272. The number of aromatic nitrogens is 2. The summed E-state index contributed by atoms with van der Waals surface area (Å²) in [6.45, 7) is 0. The number of nitrogens with one attached hydrogen (secondary N) is 1. The second kappa shape index (κ2) is 1.73. The first-order valence-corrected chi connectivity index (χ1v) is 2.10. The lowest BCUT2D eigenvalue weighted by atomic mass is 10.9. The molecule has 0 saturated carbocycles. The Hall–Kier alpha value is -1.59. The SMILES string of the molecule is NC(=O)[n+]1cc(=O)o[nH]1. The lowest BCUT2D eigenvalue weighted by molar-refractivity contribution is -0.645. The maximum atomic E-state index is 10.2. The van der Waals surface area contributed by atoms with Gasteiger partial charge in [0.15, 0.2) is 0 Å². The second-order valence-corrected chi connectivity index (χ2v) is 1.35. The molecule has 0 spiro atoms. The van der Waals surface area contributed by atoms with Gasteiger partial charge in [-0.25, -0.2) is 10.5 Å². The van der Waals surface area contributed by atoms with Gasteiger partial charge in [-0.15, -0.1) is 0 Å². The summed E-state index contributed by atoms with van der Waals surface area (Å²) in [4.78, 5) is 20.3. The first kappa shape index (κ1) is 5.54. The first-order valence-electron chi connectivity index (χ1n) is 2.10. The fourth-order valence-corrected chi connectivity index (χ4v) is 0.361. The van der Waals surface area contributed by atoms with Gasteiger partial charge in [0.2, 0.25) is 6.20 Å². The number of hydrogen-bond acceptors (Lipinski definition) is 3. The molecule has 1 rings (SSSR count). The van der Waals surface area contributed by atoms with Crippen molar-refractivity contribution in [2.24, 2.45) is 5.73 Å². The number of nitrogens with two attached hydrogens (primary N) is 1. The van der Waals surface area contributed by atoms with Gasteiger partial charge in [-0.1, -0.05) is 9.95 Å². The van der Waals surface area contributed by atoms with E-state index in [2.05, 4.69) is 4.52 Å². The monoisotopic (exact) mass is 130 g/mol. The minimum atomic E-state index is -0.791. The molecular formula is C3H4N3O3+. The average molecular weight is 130 g/mol. The van der Waals surface area contributed by atoms with Crippen LogP contribution in [0.4, 0.5) is 4.79 Å². The molecule has 0 aliphatic carbocycles. The lowest BCUT2D eigenvalue weighted by Crippen LogP contribution is -2.48. The van der Waals surface area contributed by atoms with Crippen LogP contribution in [-0.4, -0.2) is 11.3 Å². The van der Waals surface area contributed by atoms with E-state index in [-0.39, 0.29) is 0 Å². The quantitative estimate of drug-likeness (QED) is 0.405. The van der Waals surface area contributed by atoms with Gasteiger partial charge < -0.3 is 4.52 Å². The summed E-state index contributed by atoms with van der Waals surface area (Å²) < 4.78 is 4.85. The van der Waals surface area contributed by atoms with E-state index in [9.17, 15) is 9.59 Å². The smallest absolute Gasteiger partial charge is 0.302 e. The predicted molar refractivity (Wildman–Crippen MR) is 24.5 cm³/mol. The van der Waals surface area contributed by atoms with Gasteiger partial charge in [-0.3, -0.25) is 0 Å². The van der Waals surface area contributed by atoms with Crippen LogP contribution in [0.3, 0.4) is 0 Å². The van der Waals surface area contributed by atoms with E-state index >= 15 is 0 Å². The normalized spacial score (nSPS) is 9.33. The number of primary amides is 1. The Balaban J connectivity index is 3.12. The first-order chi connectivity index (χ1) is 4.20. The average Bonchev–Trinajstić information content (AvgIpc) is 2.14. The number of carbonyl (C=O) groups excluding carboxylic acids is 1. The molecule has 0 bridgehead atoms. The van der Waals surface area contributed by atoms with Crippen molar-refractivity contribution in [1.29, 1.82) is 0 Å². The molecule has 0 radical (unpaired) electrons. The molecule has 0 saturated heterocycles. The van der Waals surface area contributed by atoms with Gasteiger partial charge in [-0.2, -0.15) is 4.79 Å². The van der Waals surface area contributed by atoms with E-state index in [4.69, 9.17) is 5.73 Å². The van der Waals surface area contributed by atoms with Crippen LogP contribution in [-0.2, 0) is 0 Å². The molecule has 0 aliphatic rings. The highest BCUT2D eigenvalue weighted by Gasteiger charge is 2.07. The third-order valence-electron chi connectivity index (χ3n) is 0.717. The lowest BCUT2D eigenvalue weighted by Gasteiger charge is -1.74. The van der Waals surface area contributed by atoms with Crippen molar-refractivity contribution in [3.8, 4) is 0 Å². The molecular weight excluding hydrogens is 126 g/mol. The maximum Gasteiger partial charge on any atom is 0.515 e. The van der Waals surface area contributed by atoms with Gasteiger partial charge in [0, 0.05) is 0 Å². The number of amides is 1. The van der Waals surface area contributed by atoms with Crippen molar-refractivity contribution in [3.05, 3.63) is 16.6 Å². The third-order valence-corrected chi connectivity index (χ3v) is 0.717. The van der Waals surface area contributed by atoms with Crippen molar-refractivity contribution in [3.63, 3.8) is 0 Å². The molecule has 0 aliphatic heterocycles. The van der Waals surface area contributed by atoms with Crippen LogP contribution in [0.15, 0.2) is 15.5 Å². The van der Waals surface area contributed by atoms with E-state index < -0.39 is 11.7 Å². The van der Waals surface area contributed by atoms with Gasteiger partial charge in [0.25, 0.3) is 0 Å². The van der Waals surface area contributed by atoms with Crippen LogP contribution in [0.2, 0.25) is 0 Å². The van der Waals surface area contributed by atoms with E-state index in [1.54, 1.807) is 0 Å². The summed E-state index contributed by atoms with van der Waals surface area (Å²) in [5.41, 5.74) is 4.08.